The van der Waals surface area contributed by atoms with Crippen LogP contribution in [0.5, 0.6) is 0 Å². The third kappa shape index (κ3) is 3.54. The highest BCUT2D eigenvalue weighted by atomic mass is 19.4. The van der Waals surface area contributed by atoms with Gasteiger partial charge >= 0.3 is 18.0 Å². The number of alkyl halides is 3. The third-order valence-electron chi connectivity index (χ3n) is 4.06. The topological polar surface area (TPSA) is 80.2 Å². The summed E-state index contributed by atoms with van der Waals surface area (Å²) in [5.74, 6) is 0. The Labute approximate surface area is 146 Å². The van der Waals surface area contributed by atoms with E-state index in [2.05, 4.69) is 9.97 Å². The maximum absolute atomic E-state index is 12.8. The summed E-state index contributed by atoms with van der Waals surface area (Å²) in [5, 5.41) is 0. The Morgan fingerprint density at radius 1 is 1.35 bits per heavy atom. The highest BCUT2D eigenvalue weighted by Gasteiger charge is 2.34. The smallest absolute Gasteiger partial charge is 0.417 e. The molecule has 3 heterocycles. The van der Waals surface area contributed by atoms with E-state index in [9.17, 15) is 22.8 Å². The SMILES string of the molecule is CC(C)(C)OC(=O)N1CCC(n2c(=O)[nH]c3cc(C(F)(F)F)cnc32)C1. The first-order valence-corrected chi connectivity index (χ1v) is 8.11. The van der Waals surface area contributed by atoms with Crippen LogP contribution in [0.2, 0.25) is 0 Å². The van der Waals surface area contributed by atoms with Gasteiger partial charge in [0, 0.05) is 19.3 Å². The predicted octanol–water partition coefficient (Wildman–Crippen LogP) is 2.93. The Balaban J connectivity index is 1.86. The van der Waals surface area contributed by atoms with Crippen molar-refractivity contribution in [1.29, 1.82) is 0 Å². The van der Waals surface area contributed by atoms with Crippen LogP contribution in [0.4, 0.5) is 18.0 Å². The lowest BCUT2D eigenvalue weighted by Gasteiger charge is -2.24. The van der Waals surface area contributed by atoms with Crippen molar-refractivity contribution in [3.63, 3.8) is 0 Å². The monoisotopic (exact) mass is 372 g/mol. The van der Waals surface area contributed by atoms with Gasteiger partial charge in [0.05, 0.1) is 17.1 Å². The molecule has 0 saturated carbocycles. The maximum atomic E-state index is 12.8. The number of nitrogens with zero attached hydrogens (tertiary/aromatic N) is 3. The molecule has 2 aromatic rings. The second-order valence-corrected chi connectivity index (χ2v) is 7.26. The number of aromatic amines is 1. The van der Waals surface area contributed by atoms with Gasteiger partial charge in [0.15, 0.2) is 5.65 Å². The normalized spacial score (nSPS) is 18.5. The molecule has 3 rings (SSSR count). The largest absolute Gasteiger partial charge is 0.444 e. The molecule has 1 fully saturated rings. The Kier molecular flexibility index (Phi) is 4.24. The number of H-pyrrole nitrogens is 1. The summed E-state index contributed by atoms with van der Waals surface area (Å²) < 4.78 is 45.0. The number of nitrogens with one attached hydrogen (secondary N) is 1. The number of pyridine rings is 1. The van der Waals surface area contributed by atoms with E-state index < -0.39 is 29.1 Å². The molecule has 7 nitrogen and oxygen atoms in total. The highest BCUT2D eigenvalue weighted by molar-refractivity contribution is 5.72. The number of likely N-dealkylation sites (tertiary alicyclic amines) is 1. The van der Waals surface area contributed by atoms with Crippen LogP contribution in [-0.4, -0.2) is 44.2 Å². The molecule has 1 aliphatic rings. The molecule has 2 aromatic heterocycles. The van der Waals surface area contributed by atoms with Crippen LogP contribution in [0.15, 0.2) is 17.1 Å². The van der Waals surface area contributed by atoms with Gasteiger partial charge in [0.2, 0.25) is 0 Å². The van der Waals surface area contributed by atoms with E-state index in [0.717, 1.165) is 6.07 Å². The van der Waals surface area contributed by atoms with Gasteiger partial charge in [-0.05, 0) is 33.3 Å². The zero-order valence-electron chi connectivity index (χ0n) is 14.6. The Hall–Kier alpha value is -2.52. The van der Waals surface area contributed by atoms with Gasteiger partial charge in [-0.25, -0.2) is 14.6 Å². The van der Waals surface area contributed by atoms with Crippen LogP contribution >= 0.6 is 0 Å². The minimum Gasteiger partial charge on any atom is -0.444 e. The van der Waals surface area contributed by atoms with Gasteiger partial charge in [0.1, 0.15) is 5.60 Å². The zero-order chi connectivity index (χ0) is 19.3. The molecule has 1 aliphatic heterocycles. The van der Waals surface area contributed by atoms with E-state index in [4.69, 9.17) is 4.74 Å². The number of hydrogen-bond acceptors (Lipinski definition) is 4. The average Bonchev–Trinajstić information content (AvgIpc) is 3.06. The summed E-state index contributed by atoms with van der Waals surface area (Å²) in [6.45, 7) is 5.88. The lowest BCUT2D eigenvalue weighted by atomic mass is 10.2. The molecule has 1 atom stereocenters. The second-order valence-electron chi connectivity index (χ2n) is 7.26. The Bertz CT molecular complexity index is 895. The first-order valence-electron chi connectivity index (χ1n) is 8.11. The summed E-state index contributed by atoms with van der Waals surface area (Å²) in [5.41, 5.74) is -1.97. The predicted molar refractivity (Wildman–Crippen MR) is 86.8 cm³/mol. The van der Waals surface area contributed by atoms with Gasteiger partial charge in [-0.1, -0.05) is 0 Å². The lowest BCUT2D eigenvalue weighted by molar-refractivity contribution is -0.137. The molecule has 1 N–H and O–H groups in total. The minimum atomic E-state index is -4.54. The molecule has 0 aliphatic carbocycles. The van der Waals surface area contributed by atoms with Crippen LogP contribution < -0.4 is 5.69 Å². The van der Waals surface area contributed by atoms with E-state index >= 15 is 0 Å². The van der Waals surface area contributed by atoms with Gasteiger partial charge in [0.25, 0.3) is 0 Å². The molecular weight excluding hydrogens is 353 g/mol. The maximum Gasteiger partial charge on any atom is 0.417 e. The molecule has 142 valence electrons. The number of carbonyl (C=O) groups is 1. The molecule has 0 radical (unpaired) electrons. The number of ether oxygens (including phenoxy) is 1. The number of imidazole rings is 1. The molecule has 0 bridgehead atoms. The quantitative estimate of drug-likeness (QED) is 0.835. The minimum absolute atomic E-state index is 0.0144. The van der Waals surface area contributed by atoms with Crippen molar-refractivity contribution in [2.45, 2.75) is 45.0 Å². The van der Waals surface area contributed by atoms with Crippen LogP contribution in [0.3, 0.4) is 0 Å². The second kappa shape index (κ2) is 6.03. The number of rotatable bonds is 1. The molecule has 1 amide bonds. The Morgan fingerprint density at radius 3 is 2.65 bits per heavy atom. The van der Waals surface area contributed by atoms with Crippen LogP contribution in [0, 0.1) is 0 Å². The van der Waals surface area contributed by atoms with Crippen molar-refractivity contribution in [1.82, 2.24) is 19.4 Å². The van der Waals surface area contributed by atoms with Crippen molar-refractivity contribution >= 4 is 17.3 Å². The van der Waals surface area contributed by atoms with Crippen LogP contribution in [0.1, 0.15) is 38.8 Å². The van der Waals surface area contributed by atoms with E-state index in [-0.39, 0.29) is 23.8 Å². The molecule has 1 saturated heterocycles. The summed E-state index contributed by atoms with van der Waals surface area (Å²) >= 11 is 0. The van der Waals surface area contributed by atoms with Gasteiger partial charge < -0.3 is 14.6 Å². The molecular formula is C16H19F3N4O3. The van der Waals surface area contributed by atoms with Crippen molar-refractivity contribution in [3.05, 3.63) is 28.3 Å². The molecule has 26 heavy (non-hydrogen) atoms. The number of fused-ring (bicyclic) bond motifs is 1. The third-order valence-corrected chi connectivity index (χ3v) is 4.06. The fraction of sp³-hybridized carbons (Fsp3) is 0.562. The van der Waals surface area contributed by atoms with E-state index in [0.29, 0.717) is 19.2 Å². The summed E-state index contributed by atoms with van der Waals surface area (Å²) in [4.78, 5) is 32.1. The fourth-order valence-electron chi connectivity index (χ4n) is 2.95. The number of halogens is 3. The molecule has 1 unspecified atom stereocenters. The number of hydrogen-bond donors (Lipinski definition) is 1. The first kappa shape index (κ1) is 18.3. The van der Waals surface area contributed by atoms with Gasteiger partial charge in [-0.2, -0.15) is 13.2 Å². The first-order chi connectivity index (χ1) is 12.0. The zero-order valence-corrected chi connectivity index (χ0v) is 14.6. The standard InChI is InChI=1S/C16H19F3N4O3/c1-15(2,3)26-14(25)22-5-4-10(8-22)23-12-11(21-13(23)24)6-9(7-20-12)16(17,18)19/h6-7,10H,4-5,8H2,1-3H3,(H,21,24). The van der Waals surface area contributed by atoms with Gasteiger partial charge in [-0.15, -0.1) is 0 Å². The van der Waals surface area contributed by atoms with Crippen molar-refractivity contribution in [2.24, 2.45) is 0 Å². The molecule has 0 aromatic carbocycles. The number of amides is 1. The van der Waals surface area contributed by atoms with Gasteiger partial charge in [-0.3, -0.25) is 4.57 Å². The summed E-state index contributed by atoms with van der Waals surface area (Å²) in [7, 11) is 0. The Morgan fingerprint density at radius 2 is 2.04 bits per heavy atom. The van der Waals surface area contributed by atoms with Crippen molar-refractivity contribution < 1.29 is 22.7 Å². The van der Waals surface area contributed by atoms with E-state index in [1.54, 1.807) is 20.8 Å². The van der Waals surface area contributed by atoms with E-state index in [1.165, 1.54) is 9.47 Å². The highest BCUT2D eigenvalue weighted by Crippen LogP contribution is 2.31. The summed E-state index contributed by atoms with van der Waals surface area (Å²) in [6, 6.07) is 0.480. The van der Waals surface area contributed by atoms with Crippen LogP contribution in [-0.2, 0) is 10.9 Å². The lowest BCUT2D eigenvalue weighted by Crippen LogP contribution is -2.36. The fourth-order valence-corrected chi connectivity index (χ4v) is 2.95. The average molecular weight is 372 g/mol. The summed E-state index contributed by atoms with van der Waals surface area (Å²) in [6.07, 6.45) is -3.84. The molecule has 10 heteroatoms. The number of carbonyl (C=O) groups excluding carboxylic acids is 1. The van der Waals surface area contributed by atoms with Crippen molar-refractivity contribution in [3.8, 4) is 0 Å². The van der Waals surface area contributed by atoms with Crippen LogP contribution in [0.25, 0.3) is 11.2 Å². The number of aromatic nitrogens is 3. The van der Waals surface area contributed by atoms with Crippen molar-refractivity contribution in [2.75, 3.05) is 13.1 Å². The van der Waals surface area contributed by atoms with E-state index in [1.807, 2.05) is 0 Å². The molecule has 0 spiro atoms.